The largest absolute Gasteiger partial charge is 0.368 e. The molecule has 148 valence electrons. The van der Waals surface area contributed by atoms with Crippen molar-refractivity contribution in [2.45, 2.75) is 25.8 Å². The maximum atomic E-state index is 13.7. The number of rotatable bonds is 6. The highest BCUT2D eigenvalue weighted by molar-refractivity contribution is 5.59. The first-order valence-electron chi connectivity index (χ1n) is 9.30. The van der Waals surface area contributed by atoms with Crippen molar-refractivity contribution in [1.29, 1.82) is 0 Å². The normalized spacial score (nSPS) is 12.4. The third kappa shape index (κ3) is 3.90. The summed E-state index contributed by atoms with van der Waals surface area (Å²) in [6.07, 6.45) is 6.14. The Kier molecular flexibility index (Phi) is 5.13. The molecular weight excluding hydrogens is 371 g/mol. The monoisotopic (exact) mass is 392 g/mol. The van der Waals surface area contributed by atoms with E-state index in [1.807, 2.05) is 18.2 Å². The SMILES string of the molecule is CC(C)c1cnn2c(C(N)CNc3ccccn3)nc(-c3cncc(F)c3)nc12. The van der Waals surface area contributed by atoms with Crippen molar-refractivity contribution in [2.75, 3.05) is 11.9 Å². The molecule has 0 saturated carbocycles. The molecule has 0 aliphatic rings. The molecule has 0 radical (unpaired) electrons. The van der Waals surface area contributed by atoms with Crippen LogP contribution in [0.25, 0.3) is 17.0 Å². The van der Waals surface area contributed by atoms with Crippen LogP contribution in [0.5, 0.6) is 0 Å². The summed E-state index contributed by atoms with van der Waals surface area (Å²) < 4.78 is 15.4. The van der Waals surface area contributed by atoms with Gasteiger partial charge < -0.3 is 11.1 Å². The zero-order valence-corrected chi connectivity index (χ0v) is 16.1. The van der Waals surface area contributed by atoms with E-state index in [0.717, 1.165) is 11.8 Å². The van der Waals surface area contributed by atoms with Crippen molar-refractivity contribution in [3.63, 3.8) is 0 Å². The van der Waals surface area contributed by atoms with Crippen LogP contribution in [0.4, 0.5) is 10.2 Å². The van der Waals surface area contributed by atoms with Crippen LogP contribution in [0.1, 0.15) is 37.2 Å². The topological polar surface area (TPSA) is 107 Å². The predicted octanol–water partition coefficient (Wildman–Crippen LogP) is 2.96. The van der Waals surface area contributed by atoms with E-state index in [-0.39, 0.29) is 5.92 Å². The lowest BCUT2D eigenvalue weighted by Crippen LogP contribution is -2.25. The Morgan fingerprint density at radius 2 is 2.03 bits per heavy atom. The van der Waals surface area contributed by atoms with Crippen molar-refractivity contribution in [3.8, 4) is 11.4 Å². The number of fused-ring (bicyclic) bond motifs is 1. The van der Waals surface area contributed by atoms with E-state index < -0.39 is 11.9 Å². The summed E-state index contributed by atoms with van der Waals surface area (Å²) in [5, 5.41) is 7.64. The highest BCUT2D eigenvalue weighted by atomic mass is 19.1. The van der Waals surface area contributed by atoms with Crippen molar-refractivity contribution in [1.82, 2.24) is 29.5 Å². The number of nitrogens with zero attached hydrogens (tertiary/aromatic N) is 6. The van der Waals surface area contributed by atoms with E-state index in [9.17, 15) is 4.39 Å². The molecule has 0 bridgehead atoms. The first kappa shape index (κ1) is 18.9. The van der Waals surface area contributed by atoms with Gasteiger partial charge in [0, 0.05) is 30.1 Å². The molecule has 0 spiro atoms. The molecule has 0 fully saturated rings. The fourth-order valence-corrected chi connectivity index (χ4v) is 3.00. The number of halogens is 1. The number of hydrogen-bond acceptors (Lipinski definition) is 7. The Morgan fingerprint density at radius 1 is 1.17 bits per heavy atom. The smallest absolute Gasteiger partial charge is 0.165 e. The van der Waals surface area contributed by atoms with E-state index in [1.165, 1.54) is 12.3 Å². The highest BCUT2D eigenvalue weighted by Gasteiger charge is 2.20. The van der Waals surface area contributed by atoms with Crippen LogP contribution < -0.4 is 11.1 Å². The number of nitrogens with one attached hydrogen (secondary N) is 1. The molecule has 4 aromatic heterocycles. The van der Waals surface area contributed by atoms with Gasteiger partial charge in [-0.15, -0.1) is 0 Å². The summed E-state index contributed by atoms with van der Waals surface area (Å²) in [5.74, 6) is 1.34. The lowest BCUT2D eigenvalue weighted by atomic mass is 10.1. The van der Waals surface area contributed by atoms with Crippen LogP contribution in [0, 0.1) is 5.82 Å². The Labute approximate surface area is 167 Å². The van der Waals surface area contributed by atoms with Crippen LogP contribution in [0.3, 0.4) is 0 Å². The van der Waals surface area contributed by atoms with Gasteiger partial charge in [-0.25, -0.2) is 19.3 Å². The lowest BCUT2D eigenvalue weighted by Gasteiger charge is -2.15. The molecule has 1 unspecified atom stereocenters. The Morgan fingerprint density at radius 3 is 2.76 bits per heavy atom. The Bertz CT molecular complexity index is 1130. The molecule has 1 atom stereocenters. The van der Waals surface area contributed by atoms with Crippen molar-refractivity contribution in [3.05, 3.63) is 66.3 Å². The van der Waals surface area contributed by atoms with Gasteiger partial charge >= 0.3 is 0 Å². The van der Waals surface area contributed by atoms with Crippen molar-refractivity contribution in [2.24, 2.45) is 5.73 Å². The molecule has 4 aromatic rings. The molecule has 4 heterocycles. The second-order valence-electron chi connectivity index (χ2n) is 6.99. The minimum atomic E-state index is -0.498. The molecule has 0 aliphatic heterocycles. The summed E-state index contributed by atoms with van der Waals surface area (Å²) in [5.41, 5.74) is 8.53. The maximum Gasteiger partial charge on any atom is 0.165 e. The number of aromatic nitrogens is 6. The van der Waals surface area contributed by atoms with Gasteiger partial charge in [-0.2, -0.15) is 9.61 Å². The second-order valence-corrected chi connectivity index (χ2v) is 6.99. The van der Waals surface area contributed by atoms with Crippen LogP contribution in [0.2, 0.25) is 0 Å². The van der Waals surface area contributed by atoms with Gasteiger partial charge in [0.15, 0.2) is 17.3 Å². The van der Waals surface area contributed by atoms with Crippen LogP contribution in [-0.4, -0.2) is 36.1 Å². The Hall–Kier alpha value is -3.46. The van der Waals surface area contributed by atoms with Gasteiger partial charge in [-0.1, -0.05) is 19.9 Å². The molecule has 0 amide bonds. The molecule has 0 saturated heterocycles. The zero-order valence-electron chi connectivity index (χ0n) is 16.1. The van der Waals surface area contributed by atoms with Gasteiger partial charge in [0.2, 0.25) is 0 Å². The number of pyridine rings is 2. The third-order valence-electron chi connectivity index (χ3n) is 4.51. The third-order valence-corrected chi connectivity index (χ3v) is 4.51. The molecule has 3 N–H and O–H groups in total. The van der Waals surface area contributed by atoms with Crippen LogP contribution in [0.15, 0.2) is 49.1 Å². The van der Waals surface area contributed by atoms with Crippen molar-refractivity contribution < 1.29 is 4.39 Å². The summed E-state index contributed by atoms with van der Waals surface area (Å²) in [6.45, 7) is 4.51. The van der Waals surface area contributed by atoms with Gasteiger partial charge in [0.1, 0.15) is 11.6 Å². The first-order chi connectivity index (χ1) is 14.0. The molecular formula is C20H21FN8. The minimum absolute atomic E-state index is 0.205. The molecule has 0 aromatic carbocycles. The van der Waals surface area contributed by atoms with Crippen LogP contribution in [-0.2, 0) is 0 Å². The van der Waals surface area contributed by atoms with Gasteiger partial charge in [-0.3, -0.25) is 4.98 Å². The number of hydrogen-bond donors (Lipinski definition) is 2. The lowest BCUT2D eigenvalue weighted by molar-refractivity contribution is 0.621. The fourth-order valence-electron chi connectivity index (χ4n) is 3.00. The summed E-state index contributed by atoms with van der Waals surface area (Å²) in [6, 6.07) is 6.45. The molecule has 0 aliphatic carbocycles. The fraction of sp³-hybridized carbons (Fsp3) is 0.250. The van der Waals surface area contributed by atoms with E-state index in [1.54, 1.807) is 16.9 Å². The minimum Gasteiger partial charge on any atom is -0.368 e. The average Bonchev–Trinajstić information content (AvgIpc) is 3.16. The van der Waals surface area contributed by atoms with E-state index in [4.69, 9.17) is 5.73 Å². The zero-order chi connectivity index (χ0) is 20.4. The van der Waals surface area contributed by atoms with E-state index in [2.05, 4.69) is 44.2 Å². The summed E-state index contributed by atoms with van der Waals surface area (Å²) in [4.78, 5) is 17.4. The standard InChI is InChI=1S/C20H21FN8/c1-12(2)15-10-26-29-19(15)27-18(13-7-14(21)9-23-8-13)28-20(29)16(22)11-25-17-5-3-4-6-24-17/h3-10,12,16H,11,22H2,1-2H3,(H,24,25). The molecule has 4 rings (SSSR count). The van der Waals surface area contributed by atoms with Gasteiger partial charge in [0.05, 0.1) is 18.4 Å². The van der Waals surface area contributed by atoms with Gasteiger partial charge in [-0.05, 0) is 24.1 Å². The second kappa shape index (κ2) is 7.88. The number of anilines is 1. The van der Waals surface area contributed by atoms with E-state index >= 15 is 0 Å². The summed E-state index contributed by atoms with van der Waals surface area (Å²) >= 11 is 0. The van der Waals surface area contributed by atoms with Crippen LogP contribution >= 0.6 is 0 Å². The summed E-state index contributed by atoms with van der Waals surface area (Å²) in [7, 11) is 0. The quantitative estimate of drug-likeness (QED) is 0.519. The molecule has 29 heavy (non-hydrogen) atoms. The first-order valence-corrected chi connectivity index (χ1v) is 9.30. The van der Waals surface area contributed by atoms with E-state index in [0.29, 0.717) is 35.2 Å². The maximum absolute atomic E-state index is 13.7. The highest BCUT2D eigenvalue weighted by Crippen LogP contribution is 2.24. The molecule has 8 nitrogen and oxygen atoms in total. The Balaban J connectivity index is 1.77. The van der Waals surface area contributed by atoms with Crippen molar-refractivity contribution >= 4 is 11.5 Å². The van der Waals surface area contributed by atoms with Gasteiger partial charge in [0.25, 0.3) is 0 Å². The average molecular weight is 392 g/mol. The molecule has 9 heteroatoms. The predicted molar refractivity (Wildman–Crippen MR) is 108 cm³/mol. The number of nitrogens with two attached hydrogens (primary N) is 1.